The van der Waals surface area contributed by atoms with Gasteiger partial charge in [-0.05, 0) is 55.4 Å². The lowest BCUT2D eigenvalue weighted by atomic mass is 9.82. The van der Waals surface area contributed by atoms with E-state index in [0.29, 0.717) is 24.9 Å². The van der Waals surface area contributed by atoms with E-state index in [0.717, 1.165) is 18.4 Å². The van der Waals surface area contributed by atoms with Crippen molar-refractivity contribution >= 4 is 23.9 Å². The predicted octanol–water partition coefficient (Wildman–Crippen LogP) is 3.40. The van der Waals surface area contributed by atoms with Crippen molar-refractivity contribution in [1.82, 2.24) is 5.32 Å². The van der Waals surface area contributed by atoms with Crippen molar-refractivity contribution in [3.63, 3.8) is 0 Å². The van der Waals surface area contributed by atoms with Gasteiger partial charge in [0.25, 0.3) is 0 Å². The third kappa shape index (κ3) is 6.81. The Kier molecular flexibility index (Phi) is 8.61. The van der Waals surface area contributed by atoms with E-state index >= 15 is 0 Å². The molecule has 1 saturated carbocycles. The summed E-state index contributed by atoms with van der Waals surface area (Å²) in [6.45, 7) is 0.695. The first-order valence-electron chi connectivity index (χ1n) is 11.1. The lowest BCUT2D eigenvalue weighted by molar-refractivity contribution is -0.140. The van der Waals surface area contributed by atoms with E-state index in [1.54, 1.807) is 0 Å². The zero-order valence-corrected chi connectivity index (χ0v) is 19.0. The molecule has 0 saturated heterocycles. The molecular formula is C25H29N3O6. The number of amidine groups is 1. The molecule has 0 atom stereocenters. The van der Waals surface area contributed by atoms with Gasteiger partial charge < -0.3 is 25.3 Å². The van der Waals surface area contributed by atoms with E-state index in [-0.39, 0.29) is 35.6 Å². The Balaban J connectivity index is 1.46. The first-order chi connectivity index (χ1) is 16.4. The fourth-order valence-corrected chi connectivity index (χ4v) is 3.85. The zero-order chi connectivity index (χ0) is 24.5. The Morgan fingerprint density at radius 3 is 2.41 bits per heavy atom. The number of alkyl carbamates (subject to hydrolysis) is 1. The van der Waals surface area contributed by atoms with Crippen LogP contribution in [0.15, 0.2) is 48.5 Å². The topological polar surface area (TPSA) is 141 Å². The number of ether oxygens (including phenoxy) is 3. The fourth-order valence-electron chi connectivity index (χ4n) is 3.85. The summed E-state index contributed by atoms with van der Waals surface area (Å²) in [5.74, 6) is -1.30. The SMILES string of the molecule is COC(=O)c1cc(C(=N)N)ccc1OC(=O)[C@H]1CC[C@H](CNC(=O)OCc2ccccc2)CC1. The molecular weight excluding hydrogens is 438 g/mol. The number of esters is 2. The standard InChI is InChI=1S/C25H29N3O6/c1-32-24(30)20-13-19(22(26)27)11-12-21(20)34-23(29)18-9-7-16(8-10-18)14-28-25(31)33-15-17-5-3-2-4-6-17/h2-6,11-13,16,18H,7-10,14-15H2,1H3,(H3,26,27)(H,28,31)/t16-,18-. The van der Waals surface area contributed by atoms with Crippen LogP contribution in [0.5, 0.6) is 5.75 Å². The Morgan fingerprint density at radius 1 is 1.06 bits per heavy atom. The first kappa shape index (κ1) is 24.8. The smallest absolute Gasteiger partial charge is 0.407 e. The van der Waals surface area contributed by atoms with Gasteiger partial charge >= 0.3 is 18.0 Å². The van der Waals surface area contributed by atoms with E-state index in [9.17, 15) is 14.4 Å². The second-order valence-corrected chi connectivity index (χ2v) is 8.20. The molecule has 180 valence electrons. The molecule has 9 heteroatoms. The Morgan fingerprint density at radius 2 is 1.76 bits per heavy atom. The number of hydrogen-bond donors (Lipinski definition) is 3. The molecule has 0 heterocycles. The highest BCUT2D eigenvalue weighted by molar-refractivity contribution is 6.00. The fraction of sp³-hybridized carbons (Fsp3) is 0.360. The lowest BCUT2D eigenvalue weighted by Crippen LogP contribution is -2.33. The maximum absolute atomic E-state index is 12.7. The Labute approximate surface area is 198 Å². The van der Waals surface area contributed by atoms with Crippen molar-refractivity contribution in [2.24, 2.45) is 17.6 Å². The van der Waals surface area contributed by atoms with Gasteiger partial charge in [-0.15, -0.1) is 0 Å². The van der Waals surface area contributed by atoms with Gasteiger partial charge in [0.2, 0.25) is 0 Å². The van der Waals surface area contributed by atoms with Crippen molar-refractivity contribution in [3.05, 3.63) is 65.2 Å². The molecule has 0 aromatic heterocycles. The van der Waals surface area contributed by atoms with Gasteiger partial charge in [0.05, 0.1) is 13.0 Å². The van der Waals surface area contributed by atoms with E-state index in [4.69, 9.17) is 25.4 Å². The molecule has 4 N–H and O–H groups in total. The molecule has 0 radical (unpaired) electrons. The number of hydrogen-bond acceptors (Lipinski definition) is 7. The van der Waals surface area contributed by atoms with Crippen LogP contribution < -0.4 is 15.8 Å². The van der Waals surface area contributed by atoms with Gasteiger partial charge in [-0.1, -0.05) is 30.3 Å². The van der Waals surface area contributed by atoms with E-state index in [1.165, 1.54) is 25.3 Å². The number of methoxy groups -OCH3 is 1. The molecule has 0 spiro atoms. The molecule has 3 rings (SSSR count). The minimum Gasteiger partial charge on any atom is -0.465 e. The van der Waals surface area contributed by atoms with Crippen LogP contribution in [0.2, 0.25) is 0 Å². The van der Waals surface area contributed by atoms with Crippen LogP contribution in [-0.4, -0.2) is 37.5 Å². The van der Waals surface area contributed by atoms with Crippen molar-refractivity contribution in [2.45, 2.75) is 32.3 Å². The van der Waals surface area contributed by atoms with Crippen LogP contribution in [0.25, 0.3) is 0 Å². The van der Waals surface area contributed by atoms with Gasteiger partial charge in [0, 0.05) is 12.1 Å². The molecule has 1 aliphatic carbocycles. The molecule has 0 aliphatic heterocycles. The zero-order valence-electron chi connectivity index (χ0n) is 19.0. The van der Waals surface area contributed by atoms with Crippen LogP contribution >= 0.6 is 0 Å². The van der Waals surface area contributed by atoms with Crippen LogP contribution in [0.1, 0.15) is 47.2 Å². The van der Waals surface area contributed by atoms with Crippen LogP contribution in [0.4, 0.5) is 4.79 Å². The summed E-state index contributed by atoms with van der Waals surface area (Å²) in [5.41, 5.74) is 6.77. The van der Waals surface area contributed by atoms with Gasteiger partial charge in [0.1, 0.15) is 23.8 Å². The third-order valence-corrected chi connectivity index (χ3v) is 5.83. The van der Waals surface area contributed by atoms with Crippen molar-refractivity contribution in [1.29, 1.82) is 5.41 Å². The Hall–Kier alpha value is -3.88. The third-order valence-electron chi connectivity index (χ3n) is 5.83. The molecule has 1 amide bonds. The highest BCUT2D eigenvalue weighted by Crippen LogP contribution is 2.31. The second-order valence-electron chi connectivity index (χ2n) is 8.20. The molecule has 34 heavy (non-hydrogen) atoms. The summed E-state index contributed by atoms with van der Waals surface area (Å²) in [7, 11) is 1.22. The Bertz CT molecular complexity index is 1030. The molecule has 1 fully saturated rings. The minimum absolute atomic E-state index is 0.0375. The molecule has 0 bridgehead atoms. The maximum atomic E-state index is 12.7. The largest absolute Gasteiger partial charge is 0.465 e. The van der Waals surface area contributed by atoms with Gasteiger partial charge in [-0.25, -0.2) is 9.59 Å². The van der Waals surface area contributed by atoms with Crippen molar-refractivity contribution in [3.8, 4) is 5.75 Å². The summed E-state index contributed by atoms with van der Waals surface area (Å²) in [4.78, 5) is 36.8. The van der Waals surface area contributed by atoms with E-state index < -0.39 is 18.0 Å². The van der Waals surface area contributed by atoms with Crippen LogP contribution in [0, 0.1) is 17.2 Å². The van der Waals surface area contributed by atoms with Crippen molar-refractivity contribution < 1.29 is 28.6 Å². The first-order valence-corrected chi connectivity index (χ1v) is 11.1. The summed E-state index contributed by atoms with van der Waals surface area (Å²) >= 11 is 0. The molecule has 1 aliphatic rings. The average Bonchev–Trinajstić information content (AvgIpc) is 2.86. The number of benzene rings is 2. The van der Waals surface area contributed by atoms with Gasteiger partial charge in [0.15, 0.2) is 0 Å². The van der Waals surface area contributed by atoms with E-state index in [2.05, 4.69) is 5.32 Å². The average molecular weight is 468 g/mol. The number of nitrogen functional groups attached to an aromatic ring is 1. The molecule has 9 nitrogen and oxygen atoms in total. The number of carbonyl (C=O) groups excluding carboxylic acids is 3. The number of nitrogens with two attached hydrogens (primary N) is 1. The molecule has 2 aromatic carbocycles. The molecule has 2 aromatic rings. The maximum Gasteiger partial charge on any atom is 0.407 e. The highest BCUT2D eigenvalue weighted by atomic mass is 16.6. The number of nitrogens with one attached hydrogen (secondary N) is 2. The lowest BCUT2D eigenvalue weighted by Gasteiger charge is -2.27. The predicted molar refractivity (Wildman–Crippen MR) is 125 cm³/mol. The number of carbonyl (C=O) groups is 3. The quantitative estimate of drug-likeness (QED) is 0.234. The van der Waals surface area contributed by atoms with Crippen LogP contribution in [-0.2, 0) is 20.9 Å². The monoisotopic (exact) mass is 467 g/mol. The summed E-state index contributed by atoms with van der Waals surface area (Å²) < 4.78 is 15.5. The second kappa shape index (κ2) is 11.8. The summed E-state index contributed by atoms with van der Waals surface area (Å²) in [6.07, 6.45) is 2.28. The normalized spacial score (nSPS) is 17.3. The van der Waals surface area contributed by atoms with Crippen LogP contribution in [0.3, 0.4) is 0 Å². The van der Waals surface area contributed by atoms with E-state index in [1.807, 2.05) is 30.3 Å². The molecule has 0 unspecified atom stereocenters. The minimum atomic E-state index is -0.681. The summed E-state index contributed by atoms with van der Waals surface area (Å²) in [5, 5.41) is 10.3. The number of amides is 1. The number of rotatable bonds is 8. The summed E-state index contributed by atoms with van der Waals surface area (Å²) in [6, 6.07) is 13.8. The van der Waals surface area contributed by atoms with Gasteiger partial charge in [-0.2, -0.15) is 0 Å². The van der Waals surface area contributed by atoms with Gasteiger partial charge in [-0.3, -0.25) is 10.2 Å². The highest BCUT2D eigenvalue weighted by Gasteiger charge is 2.29. The van der Waals surface area contributed by atoms with Crippen molar-refractivity contribution in [2.75, 3.05) is 13.7 Å².